The smallest absolute Gasteiger partial charge is 0.228 e. The second-order valence-electron chi connectivity index (χ2n) is 6.95. The fourth-order valence-corrected chi connectivity index (χ4v) is 4.44. The van der Waals surface area contributed by atoms with Gasteiger partial charge in [0.25, 0.3) is 0 Å². The highest BCUT2D eigenvalue weighted by Gasteiger charge is 2.19. The van der Waals surface area contributed by atoms with Crippen molar-refractivity contribution in [2.24, 2.45) is 0 Å². The topological polar surface area (TPSA) is 63.2 Å². The molecule has 0 saturated carbocycles. The molecule has 0 saturated heterocycles. The molecule has 0 aromatic heterocycles. The van der Waals surface area contributed by atoms with E-state index in [1.54, 1.807) is 43.3 Å². The van der Waals surface area contributed by atoms with E-state index in [4.69, 9.17) is 23.2 Å². The van der Waals surface area contributed by atoms with Gasteiger partial charge in [-0.05, 0) is 59.2 Å². The minimum Gasteiger partial charge on any atom is -0.326 e. The third-order valence-corrected chi connectivity index (χ3v) is 7.16. The number of hydrogen-bond acceptors (Lipinski definition) is 3. The summed E-state index contributed by atoms with van der Waals surface area (Å²) in [7, 11) is -3.26. The van der Waals surface area contributed by atoms with Crippen molar-refractivity contribution < 1.29 is 13.2 Å². The Labute approximate surface area is 186 Å². The first-order valence-electron chi connectivity index (χ1n) is 9.35. The van der Waals surface area contributed by atoms with Crippen molar-refractivity contribution in [3.8, 4) is 0 Å². The summed E-state index contributed by atoms with van der Waals surface area (Å²) in [6, 6.07) is 11.6. The number of amides is 1. The Morgan fingerprint density at radius 1 is 1.10 bits per heavy atom. The van der Waals surface area contributed by atoms with Gasteiger partial charge in [0.2, 0.25) is 5.91 Å². The molecular weight excluding hydrogens is 441 g/mol. The number of nitrogens with one attached hydrogen (secondary N) is 1. The van der Waals surface area contributed by atoms with Gasteiger partial charge in [-0.1, -0.05) is 54.9 Å². The van der Waals surface area contributed by atoms with Crippen LogP contribution in [0.5, 0.6) is 0 Å². The summed E-state index contributed by atoms with van der Waals surface area (Å²) < 4.78 is 23.8. The number of carbonyl (C=O) groups excluding carboxylic acids is 1. The van der Waals surface area contributed by atoms with Crippen LogP contribution in [0.1, 0.15) is 24.0 Å². The molecule has 0 radical (unpaired) electrons. The van der Waals surface area contributed by atoms with Gasteiger partial charge in [0.05, 0.1) is 17.1 Å². The van der Waals surface area contributed by atoms with Crippen LogP contribution in [0, 0.1) is 0 Å². The van der Waals surface area contributed by atoms with Gasteiger partial charge in [-0.15, -0.1) is 0 Å². The summed E-state index contributed by atoms with van der Waals surface area (Å²) in [5, 5.41) is 4.03. The van der Waals surface area contributed by atoms with Crippen molar-refractivity contribution >= 4 is 38.9 Å². The fourth-order valence-electron chi connectivity index (χ4n) is 3.14. The number of benzene rings is 2. The second kappa shape index (κ2) is 9.21. The average Bonchev–Trinajstić information content (AvgIpc) is 2.71. The van der Waals surface area contributed by atoms with Crippen LogP contribution in [0.3, 0.4) is 0 Å². The van der Waals surface area contributed by atoms with E-state index in [0.29, 0.717) is 15.7 Å². The second-order valence-corrected chi connectivity index (χ2v) is 10.1. The molecule has 1 amide bonds. The van der Waals surface area contributed by atoms with E-state index in [1.807, 2.05) is 12.2 Å². The average molecular weight is 462 g/mol. The predicted molar refractivity (Wildman–Crippen MR) is 122 cm³/mol. The summed E-state index contributed by atoms with van der Waals surface area (Å²) >= 11 is 12.4. The standard InChI is InChI=1S/C23H21Cl2NO3S/c1-3-30(28,29)19-9-5-16(6-10-19)12-23(27)26-18-8-4-15(2)20(14-18)21-13-17(24)7-11-22(21)25/h4-11,13-14,20H,2-3,12H2,1H3,(H,26,27). The first kappa shape index (κ1) is 22.3. The van der Waals surface area contributed by atoms with Crippen LogP contribution in [0.15, 0.2) is 83.4 Å². The number of allylic oxidation sites excluding steroid dienone is 4. The molecule has 1 N–H and O–H groups in total. The quantitative estimate of drug-likeness (QED) is 0.639. The Morgan fingerprint density at radius 2 is 1.80 bits per heavy atom. The van der Waals surface area contributed by atoms with Crippen molar-refractivity contribution in [2.45, 2.75) is 24.2 Å². The molecule has 1 aliphatic rings. The largest absolute Gasteiger partial charge is 0.326 e. The van der Waals surface area contributed by atoms with Gasteiger partial charge in [0.15, 0.2) is 9.84 Å². The first-order valence-corrected chi connectivity index (χ1v) is 11.8. The summed E-state index contributed by atoms with van der Waals surface area (Å²) in [4.78, 5) is 12.7. The van der Waals surface area contributed by atoms with Crippen molar-refractivity contribution in [1.29, 1.82) is 0 Å². The lowest BCUT2D eigenvalue weighted by atomic mass is 9.88. The SMILES string of the molecule is C=C1C=CC(NC(=O)Cc2ccc(S(=O)(=O)CC)cc2)=CC1c1cc(Cl)ccc1Cl. The molecule has 0 spiro atoms. The molecule has 1 atom stereocenters. The van der Waals surface area contributed by atoms with Crippen LogP contribution in [-0.2, 0) is 21.1 Å². The van der Waals surface area contributed by atoms with Crippen molar-refractivity contribution in [3.63, 3.8) is 0 Å². The fraction of sp³-hybridized carbons (Fsp3) is 0.174. The monoisotopic (exact) mass is 461 g/mol. The predicted octanol–water partition coefficient (Wildman–Crippen LogP) is 5.24. The Morgan fingerprint density at radius 3 is 2.47 bits per heavy atom. The molecule has 2 aromatic rings. The van der Waals surface area contributed by atoms with Crippen LogP contribution in [0.25, 0.3) is 0 Å². The normalized spacial score (nSPS) is 16.3. The van der Waals surface area contributed by atoms with Gasteiger partial charge < -0.3 is 5.32 Å². The molecule has 30 heavy (non-hydrogen) atoms. The lowest BCUT2D eigenvalue weighted by Crippen LogP contribution is -2.25. The third-order valence-electron chi connectivity index (χ3n) is 4.83. The van der Waals surface area contributed by atoms with E-state index in [9.17, 15) is 13.2 Å². The number of hydrogen-bond donors (Lipinski definition) is 1. The van der Waals surface area contributed by atoms with E-state index in [-0.39, 0.29) is 28.9 Å². The first-order chi connectivity index (χ1) is 14.2. The molecule has 4 nitrogen and oxygen atoms in total. The highest BCUT2D eigenvalue weighted by molar-refractivity contribution is 7.91. The summed E-state index contributed by atoms with van der Waals surface area (Å²) in [5.74, 6) is -0.369. The summed E-state index contributed by atoms with van der Waals surface area (Å²) in [6.45, 7) is 5.66. The van der Waals surface area contributed by atoms with Crippen molar-refractivity contribution in [2.75, 3.05) is 5.75 Å². The zero-order valence-corrected chi connectivity index (χ0v) is 18.7. The van der Waals surface area contributed by atoms with E-state index in [1.165, 1.54) is 12.1 Å². The van der Waals surface area contributed by atoms with Crippen LogP contribution in [0.2, 0.25) is 10.0 Å². The zero-order chi connectivity index (χ0) is 21.9. The maximum atomic E-state index is 12.5. The van der Waals surface area contributed by atoms with Crippen LogP contribution >= 0.6 is 23.2 Å². The Bertz CT molecular complexity index is 1150. The summed E-state index contributed by atoms with van der Waals surface area (Å²) in [5.41, 5.74) is 3.02. The number of halogens is 2. The number of rotatable bonds is 6. The number of sulfone groups is 1. The van der Waals surface area contributed by atoms with E-state index in [2.05, 4.69) is 11.9 Å². The van der Waals surface area contributed by atoms with Crippen LogP contribution < -0.4 is 5.32 Å². The minimum absolute atomic E-state index is 0.0381. The molecule has 1 unspecified atom stereocenters. The molecular formula is C23H21Cl2NO3S. The Kier molecular flexibility index (Phi) is 6.86. The highest BCUT2D eigenvalue weighted by atomic mass is 35.5. The van der Waals surface area contributed by atoms with E-state index in [0.717, 1.165) is 16.7 Å². The van der Waals surface area contributed by atoms with Gasteiger partial charge in [0.1, 0.15) is 0 Å². The maximum absolute atomic E-state index is 12.5. The van der Waals surface area contributed by atoms with Gasteiger partial charge in [0, 0.05) is 21.7 Å². The molecule has 0 aliphatic heterocycles. The van der Waals surface area contributed by atoms with Gasteiger partial charge in [-0.3, -0.25) is 4.79 Å². The molecule has 156 valence electrons. The highest BCUT2D eigenvalue weighted by Crippen LogP contribution is 2.35. The lowest BCUT2D eigenvalue weighted by molar-refractivity contribution is -0.119. The molecule has 0 bridgehead atoms. The van der Waals surface area contributed by atoms with E-state index < -0.39 is 9.84 Å². The Balaban J connectivity index is 1.72. The molecule has 1 aliphatic carbocycles. The maximum Gasteiger partial charge on any atom is 0.228 e. The number of carbonyl (C=O) groups is 1. The van der Waals surface area contributed by atoms with Gasteiger partial charge in [-0.25, -0.2) is 8.42 Å². The lowest BCUT2D eigenvalue weighted by Gasteiger charge is -2.21. The van der Waals surface area contributed by atoms with E-state index >= 15 is 0 Å². The van der Waals surface area contributed by atoms with Crippen molar-refractivity contribution in [1.82, 2.24) is 5.32 Å². The molecule has 3 rings (SSSR count). The summed E-state index contributed by atoms with van der Waals surface area (Å²) in [6.07, 6.45) is 5.63. The van der Waals surface area contributed by atoms with Gasteiger partial charge in [-0.2, -0.15) is 0 Å². The zero-order valence-electron chi connectivity index (χ0n) is 16.4. The van der Waals surface area contributed by atoms with Crippen LogP contribution in [-0.4, -0.2) is 20.1 Å². The molecule has 0 heterocycles. The van der Waals surface area contributed by atoms with Crippen molar-refractivity contribution in [3.05, 3.63) is 99.7 Å². The molecule has 2 aromatic carbocycles. The third kappa shape index (κ3) is 5.22. The Hall–Kier alpha value is -2.34. The molecule has 0 fully saturated rings. The van der Waals surface area contributed by atoms with Gasteiger partial charge >= 0.3 is 0 Å². The minimum atomic E-state index is -3.26. The molecule has 7 heteroatoms. The van der Waals surface area contributed by atoms with Crippen LogP contribution in [0.4, 0.5) is 0 Å².